The maximum atomic E-state index is 12.8. The molecule has 0 fully saturated rings. The summed E-state index contributed by atoms with van der Waals surface area (Å²) in [5.74, 6) is -0.274. The lowest BCUT2D eigenvalue weighted by Gasteiger charge is -2.35. The minimum atomic E-state index is -0.481. The van der Waals surface area contributed by atoms with Crippen LogP contribution < -0.4 is 10.2 Å². The lowest BCUT2D eigenvalue weighted by Crippen LogP contribution is -2.34. The Bertz CT molecular complexity index is 983. The second kappa shape index (κ2) is 6.57. The summed E-state index contributed by atoms with van der Waals surface area (Å²) in [6, 6.07) is 21.2. The zero-order valence-corrected chi connectivity index (χ0v) is 14.6. The van der Waals surface area contributed by atoms with Crippen LogP contribution in [0, 0.1) is 10.1 Å². The van der Waals surface area contributed by atoms with E-state index < -0.39 is 4.92 Å². The van der Waals surface area contributed by atoms with Gasteiger partial charge in [-0.2, -0.15) is 0 Å². The molecule has 0 unspecified atom stereocenters. The Hall–Kier alpha value is -3.67. The van der Waals surface area contributed by atoms with Crippen LogP contribution in [0.1, 0.15) is 27.5 Å². The minimum Gasteiger partial charge on any atom is -0.344 e. The Morgan fingerprint density at radius 2 is 1.44 bits per heavy atom. The molecule has 0 atom stereocenters. The van der Waals surface area contributed by atoms with Crippen LogP contribution in [0.2, 0.25) is 0 Å². The summed E-state index contributed by atoms with van der Waals surface area (Å²) in [5.41, 5.74) is 4.43. The normalized spacial score (nSPS) is 12.9. The maximum Gasteiger partial charge on any atom is 0.269 e. The molecule has 1 aliphatic rings. The summed E-state index contributed by atoms with van der Waals surface area (Å²) < 4.78 is 0. The van der Waals surface area contributed by atoms with Gasteiger partial charge in [0.2, 0.25) is 0 Å². The summed E-state index contributed by atoms with van der Waals surface area (Å²) in [4.78, 5) is 25.2. The molecule has 134 valence electrons. The van der Waals surface area contributed by atoms with Crippen molar-refractivity contribution in [1.82, 2.24) is 5.32 Å². The first-order chi connectivity index (χ1) is 13.1. The highest BCUT2D eigenvalue weighted by molar-refractivity contribution is 5.95. The van der Waals surface area contributed by atoms with Crippen LogP contribution in [-0.2, 0) is 0 Å². The van der Waals surface area contributed by atoms with Crippen molar-refractivity contribution in [1.29, 1.82) is 0 Å². The van der Waals surface area contributed by atoms with E-state index in [1.165, 1.54) is 24.3 Å². The van der Waals surface area contributed by atoms with Crippen LogP contribution in [0.3, 0.4) is 0 Å². The van der Waals surface area contributed by atoms with E-state index in [0.29, 0.717) is 5.56 Å². The van der Waals surface area contributed by atoms with Gasteiger partial charge in [0.1, 0.15) is 0 Å². The van der Waals surface area contributed by atoms with Gasteiger partial charge in [0, 0.05) is 47.2 Å². The first-order valence-corrected chi connectivity index (χ1v) is 8.53. The van der Waals surface area contributed by atoms with Crippen LogP contribution in [0.15, 0.2) is 72.8 Å². The summed E-state index contributed by atoms with van der Waals surface area (Å²) >= 11 is 0. The zero-order valence-electron chi connectivity index (χ0n) is 14.6. The van der Waals surface area contributed by atoms with Gasteiger partial charge in [0.05, 0.1) is 11.0 Å². The van der Waals surface area contributed by atoms with Crippen molar-refractivity contribution >= 4 is 23.0 Å². The van der Waals surface area contributed by atoms with Gasteiger partial charge >= 0.3 is 0 Å². The second-order valence-corrected chi connectivity index (χ2v) is 6.39. The molecular weight excluding hydrogens is 342 g/mol. The third-order valence-corrected chi connectivity index (χ3v) is 4.83. The largest absolute Gasteiger partial charge is 0.344 e. The number of benzene rings is 3. The number of rotatable bonds is 3. The lowest BCUT2D eigenvalue weighted by atomic mass is 9.90. The SMILES string of the molecule is CN1c2ccccc2C(NC(=O)c2ccc([N+](=O)[O-])cc2)c2ccccc21. The third-order valence-electron chi connectivity index (χ3n) is 4.83. The van der Waals surface area contributed by atoms with E-state index in [1.807, 2.05) is 55.6 Å². The smallest absolute Gasteiger partial charge is 0.269 e. The molecule has 0 saturated carbocycles. The van der Waals surface area contributed by atoms with Crippen LogP contribution in [0.4, 0.5) is 17.1 Å². The fourth-order valence-corrected chi connectivity index (χ4v) is 3.48. The molecule has 1 aliphatic heterocycles. The van der Waals surface area contributed by atoms with Gasteiger partial charge in [-0.3, -0.25) is 14.9 Å². The van der Waals surface area contributed by atoms with E-state index in [2.05, 4.69) is 10.2 Å². The number of amides is 1. The van der Waals surface area contributed by atoms with E-state index in [0.717, 1.165) is 22.5 Å². The molecule has 1 amide bonds. The van der Waals surface area contributed by atoms with Gasteiger partial charge in [-0.25, -0.2) is 0 Å². The van der Waals surface area contributed by atoms with Gasteiger partial charge in [-0.15, -0.1) is 0 Å². The molecule has 0 aliphatic carbocycles. The number of fused-ring (bicyclic) bond motifs is 2. The number of hydrogen-bond donors (Lipinski definition) is 1. The van der Waals surface area contributed by atoms with Crippen molar-refractivity contribution in [3.63, 3.8) is 0 Å². The van der Waals surface area contributed by atoms with Crippen LogP contribution >= 0.6 is 0 Å². The molecule has 0 aromatic heterocycles. The Morgan fingerprint density at radius 3 is 1.96 bits per heavy atom. The summed E-state index contributed by atoms with van der Waals surface area (Å²) in [5, 5.41) is 13.9. The molecule has 3 aromatic rings. The summed E-state index contributed by atoms with van der Waals surface area (Å²) in [7, 11) is 2.01. The van der Waals surface area contributed by atoms with Gasteiger partial charge in [0.25, 0.3) is 11.6 Å². The van der Waals surface area contributed by atoms with Crippen molar-refractivity contribution in [2.75, 3.05) is 11.9 Å². The molecule has 4 rings (SSSR count). The summed E-state index contributed by atoms with van der Waals surface area (Å²) in [6.45, 7) is 0. The number of hydrogen-bond acceptors (Lipinski definition) is 4. The van der Waals surface area contributed by atoms with Crippen molar-refractivity contribution in [3.05, 3.63) is 99.6 Å². The molecule has 0 spiro atoms. The number of carbonyl (C=O) groups is 1. The molecule has 3 aromatic carbocycles. The molecule has 0 bridgehead atoms. The third kappa shape index (κ3) is 2.91. The van der Waals surface area contributed by atoms with E-state index in [-0.39, 0.29) is 17.6 Å². The van der Waals surface area contributed by atoms with Gasteiger partial charge in [-0.1, -0.05) is 36.4 Å². The van der Waals surface area contributed by atoms with Crippen LogP contribution in [0.25, 0.3) is 0 Å². The predicted octanol–water partition coefficient (Wildman–Crippen LogP) is 4.20. The maximum absolute atomic E-state index is 12.8. The van der Waals surface area contributed by atoms with E-state index in [1.54, 1.807) is 0 Å². The predicted molar refractivity (Wildman–Crippen MR) is 103 cm³/mol. The number of nitrogens with zero attached hydrogens (tertiary/aromatic N) is 2. The Balaban J connectivity index is 1.70. The average Bonchev–Trinajstić information content (AvgIpc) is 2.71. The highest BCUT2D eigenvalue weighted by Gasteiger charge is 2.29. The first kappa shape index (κ1) is 16.8. The first-order valence-electron chi connectivity index (χ1n) is 8.53. The molecule has 1 N–H and O–H groups in total. The average molecular weight is 359 g/mol. The highest BCUT2D eigenvalue weighted by Crippen LogP contribution is 2.43. The molecule has 27 heavy (non-hydrogen) atoms. The topological polar surface area (TPSA) is 75.5 Å². The van der Waals surface area contributed by atoms with E-state index in [9.17, 15) is 14.9 Å². The van der Waals surface area contributed by atoms with Gasteiger partial charge in [-0.05, 0) is 24.3 Å². The number of anilines is 2. The van der Waals surface area contributed by atoms with Crippen molar-refractivity contribution < 1.29 is 9.72 Å². The zero-order chi connectivity index (χ0) is 19.0. The van der Waals surface area contributed by atoms with Gasteiger partial charge < -0.3 is 10.2 Å². The molecular formula is C21H17N3O3. The van der Waals surface area contributed by atoms with Gasteiger partial charge in [0.15, 0.2) is 0 Å². The lowest BCUT2D eigenvalue weighted by molar-refractivity contribution is -0.384. The molecule has 0 saturated heterocycles. The number of non-ortho nitro benzene ring substituents is 1. The number of nitrogens with one attached hydrogen (secondary N) is 1. The molecule has 6 heteroatoms. The Kier molecular flexibility index (Phi) is 4.08. The minimum absolute atomic E-state index is 0.0402. The molecule has 0 radical (unpaired) electrons. The van der Waals surface area contributed by atoms with Crippen molar-refractivity contribution in [2.24, 2.45) is 0 Å². The Morgan fingerprint density at radius 1 is 0.926 bits per heavy atom. The van der Waals surface area contributed by atoms with Crippen LogP contribution in [-0.4, -0.2) is 17.9 Å². The monoisotopic (exact) mass is 359 g/mol. The van der Waals surface area contributed by atoms with E-state index >= 15 is 0 Å². The second-order valence-electron chi connectivity index (χ2n) is 6.39. The fraction of sp³-hybridized carbons (Fsp3) is 0.0952. The highest BCUT2D eigenvalue weighted by atomic mass is 16.6. The van der Waals surface area contributed by atoms with Crippen molar-refractivity contribution in [2.45, 2.75) is 6.04 Å². The number of carbonyl (C=O) groups excluding carboxylic acids is 1. The standard InChI is InChI=1S/C21H17N3O3/c1-23-18-8-4-2-6-16(18)20(17-7-3-5-9-19(17)23)22-21(25)14-10-12-15(13-11-14)24(26)27/h2-13,20H,1H3,(H,22,25). The van der Waals surface area contributed by atoms with E-state index in [4.69, 9.17) is 0 Å². The summed E-state index contributed by atoms with van der Waals surface area (Å²) in [6.07, 6.45) is 0. The molecule has 1 heterocycles. The number of nitro groups is 1. The number of para-hydroxylation sites is 2. The van der Waals surface area contributed by atoms with Crippen molar-refractivity contribution in [3.8, 4) is 0 Å². The molecule has 6 nitrogen and oxygen atoms in total. The fourth-order valence-electron chi connectivity index (χ4n) is 3.48. The van der Waals surface area contributed by atoms with Crippen LogP contribution in [0.5, 0.6) is 0 Å². The number of nitro benzene ring substituents is 1. The Labute approximate surface area is 156 Å². The quantitative estimate of drug-likeness (QED) is 0.562.